The van der Waals surface area contributed by atoms with Crippen molar-refractivity contribution in [2.75, 3.05) is 11.4 Å². The molecule has 0 saturated carbocycles. The van der Waals surface area contributed by atoms with Gasteiger partial charge in [-0.3, -0.25) is 9.59 Å². The van der Waals surface area contributed by atoms with Crippen LogP contribution in [0, 0.1) is 12.8 Å². The predicted octanol–water partition coefficient (Wildman–Crippen LogP) is 2.61. The monoisotopic (exact) mass is 376 g/mol. The summed E-state index contributed by atoms with van der Waals surface area (Å²) in [6.07, 6.45) is 0.0919. The Hall–Kier alpha value is -2.80. The molecule has 0 aliphatic carbocycles. The molecule has 3 rings (SSSR count). The van der Waals surface area contributed by atoms with Gasteiger partial charge in [0.05, 0.1) is 23.2 Å². The molecule has 2 heterocycles. The highest BCUT2D eigenvalue weighted by molar-refractivity contribution is 6.33. The first-order chi connectivity index (χ1) is 12.4. The van der Waals surface area contributed by atoms with Gasteiger partial charge >= 0.3 is 5.97 Å². The Morgan fingerprint density at radius 2 is 2.12 bits per heavy atom. The van der Waals surface area contributed by atoms with E-state index in [1.165, 1.54) is 11.0 Å². The SMILES string of the molecule is Cc1oc(CNC(=O)C2CC(=O)N(c3ccccc3Cl)C2)cc1C(=O)O. The number of carbonyl (C=O) groups excluding carboxylic acids is 2. The molecule has 7 nitrogen and oxygen atoms in total. The van der Waals surface area contributed by atoms with Crippen molar-refractivity contribution in [2.24, 2.45) is 5.92 Å². The summed E-state index contributed by atoms with van der Waals surface area (Å²) in [5.41, 5.74) is 0.650. The number of aryl methyl sites for hydroxylation is 1. The number of nitrogens with zero attached hydrogens (tertiary/aromatic N) is 1. The molecule has 2 N–H and O–H groups in total. The second kappa shape index (κ2) is 7.21. The number of amides is 2. The van der Waals surface area contributed by atoms with Crippen LogP contribution < -0.4 is 10.2 Å². The van der Waals surface area contributed by atoms with Crippen LogP contribution >= 0.6 is 11.6 Å². The zero-order valence-electron chi connectivity index (χ0n) is 14.0. The van der Waals surface area contributed by atoms with Gasteiger partial charge in [0.25, 0.3) is 0 Å². The van der Waals surface area contributed by atoms with Gasteiger partial charge in [-0.15, -0.1) is 0 Å². The molecule has 2 amide bonds. The molecule has 26 heavy (non-hydrogen) atoms. The lowest BCUT2D eigenvalue weighted by atomic mass is 10.1. The molecular formula is C18H17ClN2O5. The Bertz CT molecular complexity index is 876. The molecule has 1 fully saturated rings. The minimum Gasteiger partial charge on any atom is -0.478 e. The van der Waals surface area contributed by atoms with Gasteiger partial charge in [0, 0.05) is 13.0 Å². The number of hydrogen-bond acceptors (Lipinski definition) is 4. The largest absolute Gasteiger partial charge is 0.478 e. The molecule has 1 saturated heterocycles. The first-order valence-corrected chi connectivity index (χ1v) is 8.40. The number of para-hydroxylation sites is 1. The molecule has 2 aromatic rings. The van der Waals surface area contributed by atoms with Crippen molar-refractivity contribution in [3.8, 4) is 0 Å². The third-order valence-corrected chi connectivity index (χ3v) is 4.59. The Balaban J connectivity index is 1.63. The number of aromatic carboxylic acids is 1. The summed E-state index contributed by atoms with van der Waals surface area (Å²) in [7, 11) is 0. The molecule has 0 spiro atoms. The average Bonchev–Trinajstić information content (AvgIpc) is 3.16. The third kappa shape index (κ3) is 3.57. The molecule has 1 aliphatic rings. The number of carboxylic acid groups (broad SMARTS) is 1. The number of halogens is 1. The number of anilines is 1. The van der Waals surface area contributed by atoms with E-state index in [1.54, 1.807) is 31.2 Å². The van der Waals surface area contributed by atoms with E-state index in [0.29, 0.717) is 16.5 Å². The van der Waals surface area contributed by atoms with Crippen molar-refractivity contribution in [1.29, 1.82) is 0 Å². The number of benzene rings is 1. The van der Waals surface area contributed by atoms with Gasteiger partial charge in [0.2, 0.25) is 11.8 Å². The smallest absolute Gasteiger partial charge is 0.339 e. The first kappa shape index (κ1) is 18.0. The van der Waals surface area contributed by atoms with E-state index in [4.69, 9.17) is 21.1 Å². The first-order valence-electron chi connectivity index (χ1n) is 8.02. The minimum atomic E-state index is -1.08. The van der Waals surface area contributed by atoms with Crippen LogP contribution in [0.25, 0.3) is 0 Å². The van der Waals surface area contributed by atoms with Crippen molar-refractivity contribution in [1.82, 2.24) is 5.32 Å². The summed E-state index contributed by atoms with van der Waals surface area (Å²) >= 11 is 6.13. The van der Waals surface area contributed by atoms with Crippen molar-refractivity contribution in [3.63, 3.8) is 0 Å². The zero-order valence-corrected chi connectivity index (χ0v) is 14.7. The summed E-state index contributed by atoms with van der Waals surface area (Å²) in [4.78, 5) is 37.1. The normalized spacial score (nSPS) is 16.8. The van der Waals surface area contributed by atoms with Crippen LogP contribution in [0.5, 0.6) is 0 Å². The highest BCUT2D eigenvalue weighted by atomic mass is 35.5. The Kier molecular flexibility index (Phi) is 4.99. The maximum absolute atomic E-state index is 12.4. The topological polar surface area (TPSA) is 99.9 Å². The van der Waals surface area contributed by atoms with Gasteiger partial charge in [-0.1, -0.05) is 23.7 Å². The van der Waals surface area contributed by atoms with E-state index in [9.17, 15) is 14.4 Å². The molecular weight excluding hydrogens is 360 g/mol. The van der Waals surface area contributed by atoms with Crippen LogP contribution in [0.2, 0.25) is 5.02 Å². The van der Waals surface area contributed by atoms with Crippen LogP contribution in [-0.2, 0) is 16.1 Å². The lowest BCUT2D eigenvalue weighted by Gasteiger charge is -2.17. The fourth-order valence-electron chi connectivity index (χ4n) is 2.95. The highest BCUT2D eigenvalue weighted by Gasteiger charge is 2.35. The summed E-state index contributed by atoms with van der Waals surface area (Å²) < 4.78 is 5.33. The Morgan fingerprint density at radius 3 is 2.77 bits per heavy atom. The molecule has 1 atom stereocenters. The summed E-state index contributed by atoms with van der Waals surface area (Å²) in [5.74, 6) is -1.42. The number of furan rings is 1. The standard InChI is InChI=1S/C18H17ClN2O5/c1-10-13(18(24)25)7-12(26-10)8-20-17(23)11-6-16(22)21(9-11)15-5-3-2-4-14(15)19/h2-5,7,11H,6,8-9H2,1H3,(H,20,23)(H,24,25). The molecule has 1 unspecified atom stereocenters. The van der Waals surface area contributed by atoms with Crippen molar-refractivity contribution in [3.05, 3.63) is 52.4 Å². The van der Waals surface area contributed by atoms with Gasteiger partial charge in [0.1, 0.15) is 17.1 Å². The van der Waals surface area contributed by atoms with Crippen LogP contribution in [0.15, 0.2) is 34.7 Å². The van der Waals surface area contributed by atoms with Crippen LogP contribution in [0.1, 0.15) is 28.3 Å². The third-order valence-electron chi connectivity index (χ3n) is 4.28. The van der Waals surface area contributed by atoms with Crippen LogP contribution in [-0.4, -0.2) is 29.4 Å². The van der Waals surface area contributed by atoms with E-state index in [1.807, 2.05) is 0 Å². The zero-order chi connectivity index (χ0) is 18.8. The quantitative estimate of drug-likeness (QED) is 0.835. The van der Waals surface area contributed by atoms with Crippen LogP contribution in [0.3, 0.4) is 0 Å². The molecule has 1 aliphatic heterocycles. The lowest BCUT2D eigenvalue weighted by molar-refractivity contribution is -0.126. The molecule has 0 radical (unpaired) electrons. The van der Waals surface area contributed by atoms with E-state index in [0.717, 1.165) is 0 Å². The Morgan fingerprint density at radius 1 is 1.38 bits per heavy atom. The van der Waals surface area contributed by atoms with Crippen molar-refractivity contribution in [2.45, 2.75) is 19.9 Å². The maximum atomic E-state index is 12.4. The van der Waals surface area contributed by atoms with E-state index in [2.05, 4.69) is 5.32 Å². The number of rotatable bonds is 5. The second-order valence-electron chi connectivity index (χ2n) is 6.06. The summed E-state index contributed by atoms with van der Waals surface area (Å²) in [5, 5.41) is 12.2. The fraction of sp³-hybridized carbons (Fsp3) is 0.278. The van der Waals surface area contributed by atoms with Crippen molar-refractivity contribution >= 4 is 35.1 Å². The van der Waals surface area contributed by atoms with E-state index >= 15 is 0 Å². The second-order valence-corrected chi connectivity index (χ2v) is 6.47. The van der Waals surface area contributed by atoms with Crippen molar-refractivity contribution < 1.29 is 23.9 Å². The minimum absolute atomic E-state index is 0.0593. The summed E-state index contributed by atoms with van der Waals surface area (Å²) in [6, 6.07) is 8.36. The van der Waals surface area contributed by atoms with E-state index in [-0.39, 0.29) is 42.6 Å². The summed E-state index contributed by atoms with van der Waals surface area (Å²) in [6.45, 7) is 1.85. The lowest BCUT2D eigenvalue weighted by Crippen LogP contribution is -2.32. The molecule has 136 valence electrons. The average molecular weight is 377 g/mol. The van der Waals surface area contributed by atoms with Gasteiger partial charge in [-0.2, -0.15) is 0 Å². The van der Waals surface area contributed by atoms with Gasteiger partial charge < -0.3 is 19.7 Å². The molecule has 0 bridgehead atoms. The number of carbonyl (C=O) groups is 3. The van der Waals surface area contributed by atoms with Gasteiger partial charge in [-0.25, -0.2) is 4.79 Å². The molecule has 8 heteroatoms. The highest BCUT2D eigenvalue weighted by Crippen LogP contribution is 2.31. The number of carboxylic acids is 1. The Labute approximate surface area is 154 Å². The van der Waals surface area contributed by atoms with E-state index < -0.39 is 11.9 Å². The fourth-order valence-corrected chi connectivity index (χ4v) is 3.19. The number of hydrogen-bond donors (Lipinski definition) is 2. The number of nitrogens with one attached hydrogen (secondary N) is 1. The van der Waals surface area contributed by atoms with Gasteiger partial charge in [0.15, 0.2) is 0 Å². The van der Waals surface area contributed by atoms with Gasteiger partial charge in [-0.05, 0) is 25.1 Å². The molecule has 1 aromatic heterocycles. The maximum Gasteiger partial charge on any atom is 0.339 e. The molecule has 1 aromatic carbocycles. The predicted molar refractivity (Wildman–Crippen MR) is 94.2 cm³/mol. The van der Waals surface area contributed by atoms with Crippen LogP contribution in [0.4, 0.5) is 5.69 Å².